The lowest BCUT2D eigenvalue weighted by atomic mass is 10.2. The fourth-order valence-corrected chi connectivity index (χ4v) is 2.39. The molecular weight excluding hydrogens is 238 g/mol. The zero-order valence-electron chi connectivity index (χ0n) is 10.3. The van der Waals surface area contributed by atoms with Crippen molar-refractivity contribution in [1.82, 2.24) is 15.1 Å². The van der Waals surface area contributed by atoms with E-state index in [4.69, 9.17) is 9.84 Å². The number of urea groups is 1. The molecule has 0 aromatic heterocycles. The van der Waals surface area contributed by atoms with Gasteiger partial charge in [-0.2, -0.15) is 0 Å². The minimum absolute atomic E-state index is 0.0970. The van der Waals surface area contributed by atoms with E-state index in [2.05, 4.69) is 5.32 Å². The molecule has 0 aromatic carbocycles. The van der Waals surface area contributed by atoms with E-state index >= 15 is 0 Å². The van der Waals surface area contributed by atoms with Gasteiger partial charge in [-0.15, -0.1) is 0 Å². The first kappa shape index (κ1) is 13.1. The highest BCUT2D eigenvalue weighted by atomic mass is 16.5. The van der Waals surface area contributed by atoms with Gasteiger partial charge in [-0.1, -0.05) is 0 Å². The van der Waals surface area contributed by atoms with E-state index in [1.807, 2.05) is 9.80 Å². The molecule has 102 valence electrons. The molecule has 0 aromatic rings. The molecule has 2 amide bonds. The van der Waals surface area contributed by atoms with Crippen LogP contribution in [0.2, 0.25) is 0 Å². The van der Waals surface area contributed by atoms with Gasteiger partial charge in [0.1, 0.15) is 6.61 Å². The van der Waals surface area contributed by atoms with Gasteiger partial charge in [0, 0.05) is 39.3 Å². The number of carboxylic acids is 1. The van der Waals surface area contributed by atoms with Gasteiger partial charge >= 0.3 is 12.0 Å². The van der Waals surface area contributed by atoms with E-state index in [0.717, 1.165) is 26.2 Å². The summed E-state index contributed by atoms with van der Waals surface area (Å²) in [5, 5.41) is 11.7. The Labute approximate surface area is 106 Å². The summed E-state index contributed by atoms with van der Waals surface area (Å²) >= 11 is 0. The summed E-state index contributed by atoms with van der Waals surface area (Å²) in [5.74, 6) is -0.963. The number of amides is 2. The Morgan fingerprint density at radius 2 is 2.39 bits per heavy atom. The highest BCUT2D eigenvalue weighted by Gasteiger charge is 2.37. The molecule has 0 saturated carbocycles. The molecule has 2 rings (SSSR count). The lowest BCUT2D eigenvalue weighted by Crippen LogP contribution is -2.49. The summed E-state index contributed by atoms with van der Waals surface area (Å²) in [6.07, 6.45) is 0.674. The number of hydrogen-bond acceptors (Lipinski definition) is 4. The highest BCUT2D eigenvalue weighted by Crippen LogP contribution is 2.17. The normalized spacial score (nSPS) is 23.3. The number of nitrogens with zero attached hydrogens (tertiary/aromatic N) is 2. The van der Waals surface area contributed by atoms with Crippen molar-refractivity contribution >= 4 is 12.0 Å². The SMILES string of the molecule is O=C(O)COCCCN1CC2CNCCN2C1=O. The van der Waals surface area contributed by atoms with E-state index in [0.29, 0.717) is 19.6 Å². The third kappa shape index (κ3) is 3.11. The van der Waals surface area contributed by atoms with Crippen LogP contribution in [0.15, 0.2) is 0 Å². The third-order valence-corrected chi connectivity index (χ3v) is 3.24. The Hall–Kier alpha value is -1.34. The molecule has 2 aliphatic rings. The largest absolute Gasteiger partial charge is 0.480 e. The van der Waals surface area contributed by atoms with Crippen molar-refractivity contribution in [3.8, 4) is 0 Å². The van der Waals surface area contributed by atoms with Crippen molar-refractivity contribution in [3.63, 3.8) is 0 Å². The predicted octanol–water partition coefficient (Wildman–Crippen LogP) is -0.813. The standard InChI is InChI=1S/C11H19N3O4/c15-10(16)8-18-5-1-3-13-7-9-6-12-2-4-14(9)11(13)17/h9,12H,1-8H2,(H,15,16). The molecule has 2 saturated heterocycles. The first-order valence-electron chi connectivity index (χ1n) is 6.24. The quantitative estimate of drug-likeness (QED) is 0.608. The molecule has 0 spiro atoms. The van der Waals surface area contributed by atoms with E-state index in [-0.39, 0.29) is 18.7 Å². The molecule has 1 atom stereocenters. The average molecular weight is 257 g/mol. The predicted molar refractivity (Wildman–Crippen MR) is 63.4 cm³/mol. The molecule has 0 aliphatic carbocycles. The number of hydrogen-bond donors (Lipinski definition) is 2. The Morgan fingerprint density at radius 3 is 3.11 bits per heavy atom. The summed E-state index contributed by atoms with van der Waals surface area (Å²) in [7, 11) is 0. The van der Waals surface area contributed by atoms with Crippen molar-refractivity contribution in [2.75, 3.05) is 45.9 Å². The molecule has 0 bridgehead atoms. The van der Waals surface area contributed by atoms with E-state index in [9.17, 15) is 9.59 Å². The number of carbonyl (C=O) groups is 2. The number of carbonyl (C=O) groups excluding carboxylic acids is 1. The minimum Gasteiger partial charge on any atom is -0.480 e. The first-order valence-corrected chi connectivity index (χ1v) is 6.24. The lowest BCUT2D eigenvalue weighted by Gasteiger charge is -2.28. The number of rotatable bonds is 6. The number of nitrogens with one attached hydrogen (secondary N) is 1. The van der Waals surface area contributed by atoms with Gasteiger partial charge in [-0.05, 0) is 6.42 Å². The summed E-state index contributed by atoms with van der Waals surface area (Å²) in [6, 6.07) is 0.380. The Kier molecular flexibility index (Phi) is 4.38. The van der Waals surface area contributed by atoms with Gasteiger partial charge in [-0.25, -0.2) is 9.59 Å². The van der Waals surface area contributed by atoms with Crippen LogP contribution in [-0.2, 0) is 9.53 Å². The number of carboxylic acid groups (broad SMARTS) is 1. The molecule has 1 unspecified atom stereocenters. The van der Waals surface area contributed by atoms with Crippen LogP contribution in [0.4, 0.5) is 4.79 Å². The van der Waals surface area contributed by atoms with Gasteiger partial charge < -0.3 is 25.0 Å². The van der Waals surface area contributed by atoms with Crippen LogP contribution in [0.25, 0.3) is 0 Å². The van der Waals surface area contributed by atoms with Crippen LogP contribution in [0.5, 0.6) is 0 Å². The monoisotopic (exact) mass is 257 g/mol. The van der Waals surface area contributed by atoms with E-state index in [1.165, 1.54) is 0 Å². The molecule has 7 heteroatoms. The Bertz CT molecular complexity index is 323. The smallest absolute Gasteiger partial charge is 0.329 e. The second-order valence-electron chi connectivity index (χ2n) is 4.58. The number of piperazine rings is 1. The van der Waals surface area contributed by atoms with Crippen molar-refractivity contribution in [1.29, 1.82) is 0 Å². The average Bonchev–Trinajstić information content (AvgIpc) is 2.66. The highest BCUT2D eigenvalue weighted by molar-refractivity contribution is 5.77. The summed E-state index contributed by atoms with van der Waals surface area (Å²) < 4.78 is 4.95. The Morgan fingerprint density at radius 1 is 1.56 bits per heavy atom. The number of aliphatic carboxylic acids is 1. The molecule has 7 nitrogen and oxygen atoms in total. The molecule has 2 N–H and O–H groups in total. The van der Waals surface area contributed by atoms with Crippen LogP contribution in [0.1, 0.15) is 6.42 Å². The van der Waals surface area contributed by atoms with E-state index in [1.54, 1.807) is 0 Å². The van der Waals surface area contributed by atoms with Crippen LogP contribution < -0.4 is 5.32 Å². The summed E-state index contributed by atoms with van der Waals surface area (Å²) in [5.41, 5.74) is 0. The second-order valence-corrected chi connectivity index (χ2v) is 4.58. The van der Waals surface area contributed by atoms with Crippen LogP contribution in [0.3, 0.4) is 0 Å². The van der Waals surface area contributed by atoms with Crippen molar-refractivity contribution in [2.45, 2.75) is 12.5 Å². The fraction of sp³-hybridized carbons (Fsp3) is 0.818. The van der Waals surface area contributed by atoms with E-state index < -0.39 is 5.97 Å². The minimum atomic E-state index is -0.963. The molecule has 0 radical (unpaired) electrons. The van der Waals surface area contributed by atoms with Crippen LogP contribution in [0, 0.1) is 0 Å². The Balaban J connectivity index is 1.67. The summed E-state index contributed by atoms with van der Waals surface area (Å²) in [6.45, 7) is 3.98. The fourth-order valence-electron chi connectivity index (χ4n) is 2.39. The number of fused-ring (bicyclic) bond motifs is 1. The molecule has 18 heavy (non-hydrogen) atoms. The summed E-state index contributed by atoms with van der Waals surface area (Å²) in [4.78, 5) is 26.0. The maximum atomic E-state index is 12.0. The van der Waals surface area contributed by atoms with Crippen LogP contribution >= 0.6 is 0 Å². The van der Waals surface area contributed by atoms with Crippen molar-refractivity contribution in [3.05, 3.63) is 0 Å². The van der Waals surface area contributed by atoms with Gasteiger partial charge in [0.25, 0.3) is 0 Å². The van der Waals surface area contributed by atoms with Gasteiger partial charge in [0.2, 0.25) is 0 Å². The first-order chi connectivity index (χ1) is 8.68. The zero-order valence-corrected chi connectivity index (χ0v) is 10.3. The maximum absolute atomic E-state index is 12.0. The van der Waals surface area contributed by atoms with Gasteiger partial charge in [0.15, 0.2) is 0 Å². The van der Waals surface area contributed by atoms with Gasteiger partial charge in [0.05, 0.1) is 6.04 Å². The molecular formula is C11H19N3O4. The topological polar surface area (TPSA) is 82.1 Å². The van der Waals surface area contributed by atoms with Crippen molar-refractivity contribution < 1.29 is 19.4 Å². The zero-order chi connectivity index (χ0) is 13.0. The van der Waals surface area contributed by atoms with Crippen LogP contribution in [-0.4, -0.2) is 78.9 Å². The second kappa shape index (κ2) is 6.01. The van der Waals surface area contributed by atoms with Gasteiger partial charge in [-0.3, -0.25) is 0 Å². The molecule has 2 fully saturated rings. The third-order valence-electron chi connectivity index (χ3n) is 3.24. The maximum Gasteiger partial charge on any atom is 0.329 e. The number of ether oxygens (including phenoxy) is 1. The molecule has 2 heterocycles. The molecule has 2 aliphatic heterocycles. The van der Waals surface area contributed by atoms with Crippen molar-refractivity contribution in [2.24, 2.45) is 0 Å². The lowest BCUT2D eigenvalue weighted by molar-refractivity contribution is -0.142.